The Bertz CT molecular complexity index is 481. The molecule has 0 radical (unpaired) electrons. The molecule has 1 fully saturated rings. The number of carbonyl (C=O) groups excluding carboxylic acids is 1. The first-order chi connectivity index (χ1) is 9.85. The molecule has 2 atom stereocenters. The van der Waals surface area contributed by atoms with Crippen LogP contribution in [0.15, 0.2) is 18.6 Å². The van der Waals surface area contributed by atoms with E-state index in [0.29, 0.717) is 12.1 Å². The summed E-state index contributed by atoms with van der Waals surface area (Å²) in [7, 11) is 0. The summed E-state index contributed by atoms with van der Waals surface area (Å²) in [5.74, 6) is -0.801. The second-order valence-electron chi connectivity index (χ2n) is 5.14. The molecule has 0 aromatic carbocycles. The van der Waals surface area contributed by atoms with Crippen LogP contribution in [0.2, 0.25) is 0 Å². The van der Waals surface area contributed by atoms with Crippen molar-refractivity contribution >= 4 is 5.91 Å². The van der Waals surface area contributed by atoms with Crippen molar-refractivity contribution in [2.75, 3.05) is 13.1 Å². The number of amides is 1. The Morgan fingerprint density at radius 3 is 2.76 bits per heavy atom. The van der Waals surface area contributed by atoms with E-state index >= 15 is 0 Å². The molecule has 0 bridgehead atoms. The third kappa shape index (κ3) is 4.66. The summed E-state index contributed by atoms with van der Waals surface area (Å²) in [5, 5.41) is 9.93. The average Bonchev–Trinajstić information content (AvgIpc) is 2.78. The summed E-state index contributed by atoms with van der Waals surface area (Å²) in [6.07, 6.45) is -1.72. The van der Waals surface area contributed by atoms with Crippen LogP contribution < -0.4 is 0 Å². The fraction of sp³-hybridized carbons (Fsp3) is 0.615. The van der Waals surface area contributed by atoms with Gasteiger partial charge in [-0.05, 0) is 6.42 Å². The minimum absolute atomic E-state index is 0.0711. The number of aliphatic hydroxyl groups excluding tert-OH is 1. The number of halogens is 3. The van der Waals surface area contributed by atoms with Crippen molar-refractivity contribution < 1.29 is 23.1 Å². The van der Waals surface area contributed by atoms with Crippen LogP contribution in [0.3, 0.4) is 0 Å². The Labute approximate surface area is 119 Å². The SMILES string of the molecule is O=C(CCC(F)(F)F)N1CC(O)C(Cc2cnccn2)C1. The standard InChI is InChI=1S/C13H16F3N3O2/c14-13(15,16)2-1-12(21)19-7-9(11(20)8-19)5-10-6-17-3-4-18-10/h3-4,6,9,11,20H,1-2,5,7-8H2. The van der Waals surface area contributed by atoms with Gasteiger partial charge in [-0.2, -0.15) is 13.2 Å². The molecule has 0 spiro atoms. The normalized spacial score (nSPS) is 22.6. The van der Waals surface area contributed by atoms with Gasteiger partial charge >= 0.3 is 6.18 Å². The zero-order valence-electron chi connectivity index (χ0n) is 11.3. The van der Waals surface area contributed by atoms with Gasteiger partial charge in [0.25, 0.3) is 0 Å². The van der Waals surface area contributed by atoms with Crippen LogP contribution in [-0.4, -0.2) is 51.3 Å². The van der Waals surface area contributed by atoms with Crippen molar-refractivity contribution in [3.05, 3.63) is 24.3 Å². The average molecular weight is 303 g/mol. The van der Waals surface area contributed by atoms with Crippen molar-refractivity contribution in [3.63, 3.8) is 0 Å². The largest absolute Gasteiger partial charge is 0.391 e. The molecule has 1 aromatic rings. The minimum atomic E-state index is -4.34. The Hall–Kier alpha value is -1.70. The first-order valence-electron chi connectivity index (χ1n) is 6.62. The highest BCUT2D eigenvalue weighted by Crippen LogP contribution is 2.25. The number of aliphatic hydroxyl groups is 1. The van der Waals surface area contributed by atoms with E-state index in [4.69, 9.17) is 0 Å². The van der Waals surface area contributed by atoms with Gasteiger partial charge in [0, 0.05) is 44.0 Å². The smallest absolute Gasteiger partial charge is 0.389 e. The van der Waals surface area contributed by atoms with E-state index < -0.39 is 31.0 Å². The molecule has 0 saturated carbocycles. The van der Waals surface area contributed by atoms with Gasteiger partial charge in [0.05, 0.1) is 18.2 Å². The van der Waals surface area contributed by atoms with E-state index in [1.165, 1.54) is 17.3 Å². The molecule has 116 valence electrons. The van der Waals surface area contributed by atoms with E-state index in [-0.39, 0.29) is 19.0 Å². The topological polar surface area (TPSA) is 66.3 Å². The van der Waals surface area contributed by atoms with Crippen LogP contribution in [0.4, 0.5) is 13.2 Å². The Morgan fingerprint density at radius 2 is 2.14 bits per heavy atom. The molecule has 5 nitrogen and oxygen atoms in total. The fourth-order valence-electron chi connectivity index (χ4n) is 2.37. The highest BCUT2D eigenvalue weighted by atomic mass is 19.4. The van der Waals surface area contributed by atoms with Gasteiger partial charge in [0.15, 0.2) is 0 Å². The van der Waals surface area contributed by atoms with Crippen LogP contribution in [0, 0.1) is 5.92 Å². The number of rotatable bonds is 4. The van der Waals surface area contributed by atoms with Crippen molar-refractivity contribution in [3.8, 4) is 0 Å². The van der Waals surface area contributed by atoms with E-state index in [2.05, 4.69) is 9.97 Å². The van der Waals surface area contributed by atoms with Crippen molar-refractivity contribution in [1.29, 1.82) is 0 Å². The van der Waals surface area contributed by atoms with Gasteiger partial charge in [-0.15, -0.1) is 0 Å². The lowest BCUT2D eigenvalue weighted by molar-refractivity contribution is -0.148. The summed E-state index contributed by atoms with van der Waals surface area (Å²) in [5.41, 5.74) is 0.686. The lowest BCUT2D eigenvalue weighted by Gasteiger charge is -2.16. The summed E-state index contributed by atoms with van der Waals surface area (Å²) in [6.45, 7) is 0.316. The molecular weight excluding hydrogens is 287 g/mol. The highest BCUT2D eigenvalue weighted by molar-refractivity contribution is 5.76. The summed E-state index contributed by atoms with van der Waals surface area (Å²) >= 11 is 0. The van der Waals surface area contributed by atoms with Gasteiger partial charge in [0.2, 0.25) is 5.91 Å². The monoisotopic (exact) mass is 303 g/mol. The predicted molar refractivity (Wildman–Crippen MR) is 67.1 cm³/mol. The number of likely N-dealkylation sites (tertiary alicyclic amines) is 1. The minimum Gasteiger partial charge on any atom is -0.391 e. The maximum Gasteiger partial charge on any atom is 0.389 e. The quantitative estimate of drug-likeness (QED) is 0.907. The summed E-state index contributed by atoms with van der Waals surface area (Å²) in [6, 6.07) is 0. The number of alkyl halides is 3. The maximum atomic E-state index is 12.1. The summed E-state index contributed by atoms with van der Waals surface area (Å²) in [4.78, 5) is 21.0. The molecule has 21 heavy (non-hydrogen) atoms. The van der Waals surface area contributed by atoms with E-state index in [0.717, 1.165) is 0 Å². The fourth-order valence-corrected chi connectivity index (χ4v) is 2.37. The van der Waals surface area contributed by atoms with Crippen LogP contribution >= 0.6 is 0 Å². The summed E-state index contributed by atoms with van der Waals surface area (Å²) < 4.78 is 36.3. The second kappa shape index (κ2) is 6.38. The zero-order valence-corrected chi connectivity index (χ0v) is 11.3. The lowest BCUT2D eigenvalue weighted by atomic mass is 10.0. The van der Waals surface area contributed by atoms with E-state index in [1.54, 1.807) is 6.20 Å². The number of carbonyl (C=O) groups is 1. The molecule has 1 aromatic heterocycles. The number of nitrogens with zero attached hydrogens (tertiary/aromatic N) is 3. The third-order valence-electron chi connectivity index (χ3n) is 3.47. The number of hydrogen-bond donors (Lipinski definition) is 1. The molecule has 0 aliphatic carbocycles. The zero-order chi connectivity index (χ0) is 15.5. The van der Waals surface area contributed by atoms with Crippen LogP contribution in [-0.2, 0) is 11.2 Å². The van der Waals surface area contributed by atoms with Crippen LogP contribution in [0.5, 0.6) is 0 Å². The Kier molecular flexibility index (Phi) is 4.76. The third-order valence-corrected chi connectivity index (χ3v) is 3.47. The van der Waals surface area contributed by atoms with Gasteiger partial charge in [-0.1, -0.05) is 0 Å². The molecule has 2 unspecified atom stereocenters. The van der Waals surface area contributed by atoms with Gasteiger partial charge < -0.3 is 10.0 Å². The molecule has 2 heterocycles. The van der Waals surface area contributed by atoms with Gasteiger partial charge in [0.1, 0.15) is 0 Å². The predicted octanol–water partition coefficient (Wildman–Crippen LogP) is 1.18. The molecule has 1 N–H and O–H groups in total. The molecule has 2 rings (SSSR count). The molecule has 1 aliphatic rings. The number of aromatic nitrogens is 2. The van der Waals surface area contributed by atoms with Crippen molar-refractivity contribution in [1.82, 2.24) is 14.9 Å². The molecule has 1 saturated heterocycles. The molecule has 8 heteroatoms. The Morgan fingerprint density at radius 1 is 1.38 bits per heavy atom. The van der Waals surface area contributed by atoms with Gasteiger partial charge in [-0.25, -0.2) is 0 Å². The second-order valence-corrected chi connectivity index (χ2v) is 5.14. The lowest BCUT2D eigenvalue weighted by Crippen LogP contribution is -2.30. The highest BCUT2D eigenvalue weighted by Gasteiger charge is 2.36. The molecule has 1 amide bonds. The Balaban J connectivity index is 1.87. The number of β-amino-alcohol motifs (C(OH)–C–C–N with tert-alkyl or cyclic N) is 1. The van der Waals surface area contributed by atoms with Crippen molar-refractivity contribution in [2.24, 2.45) is 5.92 Å². The first kappa shape index (κ1) is 15.7. The van der Waals surface area contributed by atoms with E-state index in [1.807, 2.05) is 0 Å². The maximum absolute atomic E-state index is 12.1. The van der Waals surface area contributed by atoms with Gasteiger partial charge in [-0.3, -0.25) is 14.8 Å². The van der Waals surface area contributed by atoms with E-state index in [9.17, 15) is 23.1 Å². The molecule has 1 aliphatic heterocycles. The molecular formula is C13H16F3N3O2. The number of hydrogen-bond acceptors (Lipinski definition) is 4. The van der Waals surface area contributed by atoms with Crippen molar-refractivity contribution in [2.45, 2.75) is 31.5 Å². The van der Waals surface area contributed by atoms with Crippen LogP contribution in [0.25, 0.3) is 0 Å². The first-order valence-corrected chi connectivity index (χ1v) is 6.62. The van der Waals surface area contributed by atoms with Crippen LogP contribution in [0.1, 0.15) is 18.5 Å².